The van der Waals surface area contributed by atoms with Crippen molar-refractivity contribution in [3.8, 4) is 23.1 Å². The second kappa shape index (κ2) is 12.2. The molecule has 2 aromatic heterocycles. The number of allylic oxidation sites excluding steroid dienone is 1. The van der Waals surface area contributed by atoms with Crippen LogP contribution in [0.4, 0.5) is 0 Å². The van der Waals surface area contributed by atoms with Gasteiger partial charge in [-0.3, -0.25) is 4.79 Å². The van der Waals surface area contributed by atoms with Crippen LogP contribution in [0.25, 0.3) is 33.5 Å². The molecule has 0 aliphatic rings. The van der Waals surface area contributed by atoms with Crippen LogP contribution < -0.4 is 15.0 Å². The number of furan rings is 1. The topological polar surface area (TPSA) is 78.9 Å². The number of fused-ring (bicyclic) bond motifs is 2. The van der Waals surface area contributed by atoms with E-state index in [1.807, 2.05) is 73.7 Å². The number of benzene rings is 4. The predicted molar refractivity (Wildman–Crippen MR) is 171 cm³/mol. The van der Waals surface area contributed by atoms with E-state index in [2.05, 4.69) is 42.9 Å². The lowest BCUT2D eigenvalue weighted by Gasteiger charge is -2.17. The molecule has 43 heavy (non-hydrogen) atoms. The van der Waals surface area contributed by atoms with Crippen LogP contribution in [0.15, 0.2) is 118 Å². The van der Waals surface area contributed by atoms with Gasteiger partial charge in [0.25, 0.3) is 5.56 Å². The van der Waals surface area contributed by atoms with Crippen molar-refractivity contribution >= 4 is 28.1 Å². The molecule has 2 heterocycles. The number of para-hydroxylation sites is 2. The van der Waals surface area contributed by atoms with Crippen LogP contribution in [0, 0.1) is 6.92 Å². The summed E-state index contributed by atoms with van der Waals surface area (Å²) in [7, 11) is 0. The van der Waals surface area contributed by atoms with Gasteiger partial charge in [-0.2, -0.15) is 9.78 Å². The Kier molecular flexibility index (Phi) is 7.87. The van der Waals surface area contributed by atoms with Crippen LogP contribution in [0.5, 0.6) is 11.5 Å². The van der Waals surface area contributed by atoms with Gasteiger partial charge in [0, 0.05) is 10.9 Å². The minimum atomic E-state index is -0.299. The first-order valence-corrected chi connectivity index (χ1v) is 14.2. The minimum Gasteiger partial charge on any atom is -0.490 e. The molecule has 7 nitrogen and oxygen atoms in total. The second-order valence-electron chi connectivity index (χ2n) is 10.2. The Hall–Kier alpha value is -5.43. The molecule has 0 aliphatic carbocycles. The van der Waals surface area contributed by atoms with E-state index >= 15 is 0 Å². The monoisotopic (exact) mass is 569 g/mol. The zero-order valence-electron chi connectivity index (χ0n) is 24.1. The summed E-state index contributed by atoms with van der Waals surface area (Å²) < 4.78 is 19.7. The van der Waals surface area contributed by atoms with Gasteiger partial charge in [0.05, 0.1) is 23.7 Å². The quantitative estimate of drug-likeness (QED) is 0.125. The van der Waals surface area contributed by atoms with Crippen molar-refractivity contribution in [1.82, 2.24) is 9.66 Å². The Morgan fingerprint density at radius 2 is 1.77 bits per heavy atom. The van der Waals surface area contributed by atoms with Gasteiger partial charge in [-0.05, 0) is 67.8 Å². The molecule has 0 amide bonds. The van der Waals surface area contributed by atoms with Crippen LogP contribution in [-0.2, 0) is 13.0 Å². The van der Waals surface area contributed by atoms with Crippen LogP contribution in [0.1, 0.15) is 29.2 Å². The number of aryl methyl sites for hydroxylation is 1. The Labute approximate surface area is 249 Å². The Morgan fingerprint density at radius 1 is 0.977 bits per heavy atom. The molecule has 0 aliphatic heterocycles. The smallest absolute Gasteiger partial charge is 0.282 e. The fourth-order valence-electron chi connectivity index (χ4n) is 4.94. The van der Waals surface area contributed by atoms with Crippen LogP contribution in [-0.4, -0.2) is 22.5 Å². The lowest BCUT2D eigenvalue weighted by molar-refractivity contribution is 0.267. The van der Waals surface area contributed by atoms with Gasteiger partial charge in [0.15, 0.2) is 17.3 Å². The number of hydrogen-bond acceptors (Lipinski definition) is 6. The summed E-state index contributed by atoms with van der Waals surface area (Å²) in [6.45, 7) is 8.78. The first-order chi connectivity index (χ1) is 21.0. The van der Waals surface area contributed by atoms with Crippen molar-refractivity contribution < 1.29 is 13.9 Å². The second-order valence-corrected chi connectivity index (χ2v) is 10.2. The largest absolute Gasteiger partial charge is 0.490 e. The number of aromatic nitrogens is 2. The standard InChI is InChI=1S/C36H31N3O4/c1-4-10-28-19-26(20-32(41-5-2)34(28)42-23-25-17-15-24(3)16-18-25)22-37-39-35(33-21-27-11-6-9-14-31(27)43-33)38-30-13-8-7-12-29(30)36(39)40/h4,6-9,11-22H,1,5,10,23H2,2-3H3. The van der Waals surface area contributed by atoms with Crippen molar-refractivity contribution in [2.75, 3.05) is 6.61 Å². The van der Waals surface area contributed by atoms with E-state index in [4.69, 9.17) is 18.9 Å². The third kappa shape index (κ3) is 5.83. The zero-order valence-corrected chi connectivity index (χ0v) is 24.1. The normalized spacial score (nSPS) is 11.4. The molecule has 7 heteroatoms. The lowest BCUT2D eigenvalue weighted by atomic mass is 10.1. The summed E-state index contributed by atoms with van der Waals surface area (Å²) >= 11 is 0. The molecular formula is C36H31N3O4. The van der Waals surface area contributed by atoms with Gasteiger partial charge in [-0.15, -0.1) is 6.58 Å². The average Bonchev–Trinajstić information content (AvgIpc) is 3.46. The third-order valence-corrected chi connectivity index (χ3v) is 7.04. The van der Waals surface area contributed by atoms with Crippen molar-refractivity contribution in [1.29, 1.82) is 0 Å². The molecule has 0 atom stereocenters. The number of hydrogen-bond donors (Lipinski definition) is 0. The van der Waals surface area contributed by atoms with E-state index < -0.39 is 0 Å². The summed E-state index contributed by atoms with van der Waals surface area (Å²) in [5.74, 6) is 2.01. The van der Waals surface area contributed by atoms with Crippen molar-refractivity contribution in [2.45, 2.75) is 26.9 Å². The lowest BCUT2D eigenvalue weighted by Crippen LogP contribution is -2.20. The Bertz CT molecular complexity index is 1990. The fraction of sp³-hybridized carbons (Fsp3) is 0.139. The maximum Gasteiger partial charge on any atom is 0.282 e. The van der Waals surface area contributed by atoms with E-state index in [0.29, 0.717) is 59.2 Å². The van der Waals surface area contributed by atoms with Gasteiger partial charge >= 0.3 is 0 Å². The first kappa shape index (κ1) is 27.7. The maximum absolute atomic E-state index is 13.7. The minimum absolute atomic E-state index is 0.299. The summed E-state index contributed by atoms with van der Waals surface area (Å²) in [5.41, 5.74) is 4.85. The van der Waals surface area contributed by atoms with Crippen molar-refractivity contribution in [3.05, 3.63) is 136 Å². The highest BCUT2D eigenvalue weighted by Crippen LogP contribution is 2.34. The van der Waals surface area contributed by atoms with Crippen molar-refractivity contribution in [3.63, 3.8) is 0 Å². The molecule has 4 aromatic carbocycles. The number of rotatable bonds is 10. The molecule has 0 fully saturated rings. The van der Waals surface area contributed by atoms with E-state index in [1.165, 1.54) is 10.2 Å². The molecule has 0 radical (unpaired) electrons. The summed E-state index contributed by atoms with van der Waals surface area (Å²) in [6, 6.07) is 28.8. The van der Waals surface area contributed by atoms with Gasteiger partial charge in [-0.1, -0.05) is 66.2 Å². The molecule has 0 unspecified atom stereocenters. The molecule has 0 bridgehead atoms. The summed E-state index contributed by atoms with van der Waals surface area (Å²) in [5, 5.41) is 6.01. The summed E-state index contributed by atoms with van der Waals surface area (Å²) in [6.07, 6.45) is 4.01. The van der Waals surface area contributed by atoms with Gasteiger partial charge in [0.1, 0.15) is 12.2 Å². The van der Waals surface area contributed by atoms with E-state index in [-0.39, 0.29) is 5.56 Å². The van der Waals surface area contributed by atoms with E-state index in [0.717, 1.165) is 22.1 Å². The molecule has 0 N–H and O–H groups in total. The van der Waals surface area contributed by atoms with Crippen LogP contribution >= 0.6 is 0 Å². The van der Waals surface area contributed by atoms with Gasteiger partial charge < -0.3 is 13.9 Å². The Morgan fingerprint density at radius 3 is 2.56 bits per heavy atom. The molecular weight excluding hydrogens is 538 g/mol. The fourth-order valence-corrected chi connectivity index (χ4v) is 4.94. The zero-order chi connectivity index (χ0) is 29.8. The highest BCUT2D eigenvalue weighted by atomic mass is 16.5. The van der Waals surface area contributed by atoms with Gasteiger partial charge in [-0.25, -0.2) is 4.98 Å². The molecule has 0 saturated heterocycles. The molecule has 0 saturated carbocycles. The molecule has 6 aromatic rings. The van der Waals surface area contributed by atoms with Crippen molar-refractivity contribution in [2.24, 2.45) is 5.10 Å². The Balaban J connectivity index is 1.43. The molecule has 6 rings (SSSR count). The third-order valence-electron chi connectivity index (χ3n) is 7.04. The average molecular weight is 570 g/mol. The van der Waals surface area contributed by atoms with E-state index in [1.54, 1.807) is 12.3 Å². The highest BCUT2D eigenvalue weighted by molar-refractivity contribution is 5.85. The maximum atomic E-state index is 13.7. The van der Waals surface area contributed by atoms with Gasteiger partial charge in [0.2, 0.25) is 5.82 Å². The predicted octanol–water partition coefficient (Wildman–Crippen LogP) is 7.71. The first-order valence-electron chi connectivity index (χ1n) is 14.2. The van der Waals surface area contributed by atoms with Crippen LogP contribution in [0.2, 0.25) is 0 Å². The highest BCUT2D eigenvalue weighted by Gasteiger charge is 2.17. The number of ether oxygens (including phenoxy) is 2. The molecule has 0 spiro atoms. The number of nitrogens with zero attached hydrogens (tertiary/aromatic N) is 3. The molecule has 214 valence electrons. The SMILES string of the molecule is C=CCc1cc(C=Nn2c(-c3cc4ccccc4o3)nc3ccccc3c2=O)cc(OCC)c1OCc1ccc(C)cc1. The van der Waals surface area contributed by atoms with E-state index in [9.17, 15) is 4.79 Å². The summed E-state index contributed by atoms with van der Waals surface area (Å²) in [4.78, 5) is 18.5. The van der Waals surface area contributed by atoms with Crippen LogP contribution in [0.3, 0.4) is 0 Å².